The number of aliphatic imine (C=N–C) groups is 1. The average Bonchev–Trinajstić information content (AvgIpc) is 2.21. The Morgan fingerprint density at radius 3 is 2.60 bits per heavy atom. The van der Waals surface area contributed by atoms with Crippen molar-refractivity contribution in [3.05, 3.63) is 29.3 Å². The molecular weight excluding hydrogens is 206 g/mol. The van der Waals surface area contributed by atoms with E-state index in [0.717, 1.165) is 12.2 Å². The average molecular weight is 221 g/mol. The van der Waals surface area contributed by atoms with Crippen molar-refractivity contribution in [2.75, 3.05) is 13.2 Å². The van der Waals surface area contributed by atoms with Gasteiger partial charge in [0.25, 0.3) is 0 Å². The molecule has 0 saturated heterocycles. The van der Waals surface area contributed by atoms with Crippen molar-refractivity contribution < 1.29 is 4.74 Å². The fourth-order valence-corrected chi connectivity index (χ4v) is 1.48. The molecule has 0 saturated carbocycles. The van der Waals surface area contributed by atoms with E-state index in [9.17, 15) is 0 Å². The first kappa shape index (κ1) is 11.9. The molecule has 0 aliphatic rings. The molecule has 0 aromatic heterocycles. The Bertz CT molecular complexity index is 350. The highest BCUT2D eigenvalue weighted by atomic mass is 32.1. The summed E-state index contributed by atoms with van der Waals surface area (Å²) in [4.78, 5) is 3.83. The first-order chi connectivity index (χ1) is 7.25. The van der Waals surface area contributed by atoms with E-state index in [0.29, 0.717) is 13.2 Å². The highest BCUT2D eigenvalue weighted by Gasteiger charge is 2.01. The van der Waals surface area contributed by atoms with Crippen LogP contribution in [0.4, 0.5) is 0 Å². The summed E-state index contributed by atoms with van der Waals surface area (Å²) in [5.74, 6) is 0.990. The number of ether oxygens (including phenoxy) is 1. The van der Waals surface area contributed by atoms with Gasteiger partial charge >= 0.3 is 0 Å². The Hall–Kier alpha value is -1.18. The number of isothiocyanates is 1. The lowest BCUT2D eigenvalue weighted by atomic mass is 10.1. The third-order valence-electron chi connectivity index (χ3n) is 2.13. The van der Waals surface area contributed by atoms with Crippen LogP contribution in [0, 0.1) is 13.8 Å². The molecule has 2 nitrogen and oxygen atoms in total. The van der Waals surface area contributed by atoms with Crippen molar-refractivity contribution in [1.82, 2.24) is 0 Å². The van der Waals surface area contributed by atoms with Gasteiger partial charge in [0.1, 0.15) is 5.75 Å². The number of benzene rings is 1. The van der Waals surface area contributed by atoms with Crippen LogP contribution in [0.2, 0.25) is 0 Å². The van der Waals surface area contributed by atoms with Gasteiger partial charge in [-0.2, -0.15) is 0 Å². The topological polar surface area (TPSA) is 21.6 Å². The maximum atomic E-state index is 5.69. The molecule has 3 heteroatoms. The molecule has 1 aromatic carbocycles. The summed E-state index contributed by atoms with van der Waals surface area (Å²) in [6.45, 7) is 5.47. The lowest BCUT2D eigenvalue weighted by Gasteiger charge is -2.10. The van der Waals surface area contributed by atoms with Gasteiger partial charge in [0, 0.05) is 6.42 Å². The summed E-state index contributed by atoms with van der Waals surface area (Å²) in [6, 6.07) is 6.14. The lowest BCUT2D eigenvalue weighted by Crippen LogP contribution is -2.01. The fourth-order valence-electron chi connectivity index (χ4n) is 1.39. The standard InChI is InChI=1S/C12H15NOS/c1-10-5-3-6-11(2)12(10)14-8-4-7-13-9-15/h3,5-6H,4,7-8H2,1-2H3. The molecule has 0 fully saturated rings. The predicted octanol–water partition coefficient (Wildman–Crippen LogP) is 3.18. The number of thiocarbonyl (C=S) groups is 1. The highest BCUT2D eigenvalue weighted by molar-refractivity contribution is 7.78. The Kier molecular flexibility index (Phi) is 5.02. The smallest absolute Gasteiger partial charge is 0.125 e. The molecule has 0 atom stereocenters. The van der Waals surface area contributed by atoms with E-state index in [2.05, 4.69) is 48.4 Å². The van der Waals surface area contributed by atoms with E-state index in [1.165, 1.54) is 11.1 Å². The van der Waals surface area contributed by atoms with Gasteiger partial charge in [0.05, 0.1) is 18.3 Å². The van der Waals surface area contributed by atoms with Gasteiger partial charge in [-0.25, -0.2) is 4.99 Å². The molecule has 1 aromatic rings. The number of nitrogens with zero attached hydrogens (tertiary/aromatic N) is 1. The molecule has 1 rings (SSSR count). The van der Waals surface area contributed by atoms with Crippen molar-refractivity contribution in [3.8, 4) is 5.75 Å². The Morgan fingerprint density at radius 2 is 2.00 bits per heavy atom. The molecule has 0 aliphatic heterocycles. The van der Waals surface area contributed by atoms with E-state index in [1.54, 1.807) is 0 Å². The zero-order valence-electron chi connectivity index (χ0n) is 9.12. The van der Waals surface area contributed by atoms with Gasteiger partial charge in [-0.1, -0.05) is 18.2 Å². The number of hydrogen-bond acceptors (Lipinski definition) is 3. The summed E-state index contributed by atoms with van der Waals surface area (Å²) >= 11 is 4.48. The minimum atomic E-state index is 0.673. The summed E-state index contributed by atoms with van der Waals surface area (Å²) in [7, 11) is 0. The normalized spacial score (nSPS) is 9.47. The molecule has 0 bridgehead atoms. The van der Waals surface area contributed by atoms with Crippen molar-refractivity contribution in [2.45, 2.75) is 20.3 Å². The third kappa shape index (κ3) is 3.82. The molecule has 0 heterocycles. The second-order valence-corrected chi connectivity index (χ2v) is 3.58. The number of hydrogen-bond donors (Lipinski definition) is 0. The van der Waals surface area contributed by atoms with E-state index < -0.39 is 0 Å². The monoisotopic (exact) mass is 221 g/mol. The molecule has 0 aliphatic carbocycles. The molecule has 15 heavy (non-hydrogen) atoms. The van der Waals surface area contributed by atoms with Crippen molar-refractivity contribution in [1.29, 1.82) is 0 Å². The van der Waals surface area contributed by atoms with Crippen LogP contribution in [-0.4, -0.2) is 18.3 Å². The molecule has 0 amide bonds. The summed E-state index contributed by atoms with van der Waals surface area (Å²) < 4.78 is 5.69. The van der Waals surface area contributed by atoms with Crippen LogP contribution < -0.4 is 4.74 Å². The Morgan fingerprint density at radius 1 is 1.33 bits per heavy atom. The second kappa shape index (κ2) is 6.33. The minimum Gasteiger partial charge on any atom is -0.493 e. The third-order valence-corrected chi connectivity index (χ3v) is 2.26. The van der Waals surface area contributed by atoms with Gasteiger partial charge < -0.3 is 4.74 Å². The molecule has 0 unspecified atom stereocenters. The summed E-state index contributed by atoms with van der Waals surface area (Å²) in [5.41, 5.74) is 2.35. The predicted molar refractivity (Wildman–Crippen MR) is 65.9 cm³/mol. The zero-order valence-corrected chi connectivity index (χ0v) is 9.93. The number of aryl methyl sites for hydroxylation is 2. The van der Waals surface area contributed by atoms with E-state index in [4.69, 9.17) is 4.74 Å². The lowest BCUT2D eigenvalue weighted by molar-refractivity contribution is 0.309. The minimum absolute atomic E-state index is 0.673. The SMILES string of the molecule is Cc1cccc(C)c1OCCCN=C=S. The van der Waals surface area contributed by atoms with Gasteiger partial charge in [-0.3, -0.25) is 0 Å². The van der Waals surface area contributed by atoms with E-state index in [1.807, 2.05) is 6.07 Å². The maximum Gasteiger partial charge on any atom is 0.125 e. The van der Waals surface area contributed by atoms with Crippen LogP contribution >= 0.6 is 12.2 Å². The number of rotatable bonds is 5. The zero-order chi connectivity index (χ0) is 11.1. The van der Waals surface area contributed by atoms with E-state index >= 15 is 0 Å². The first-order valence-corrected chi connectivity index (χ1v) is 5.39. The molecular formula is C12H15NOS. The van der Waals surface area contributed by atoms with E-state index in [-0.39, 0.29) is 0 Å². The van der Waals surface area contributed by atoms with Gasteiger partial charge in [0.15, 0.2) is 0 Å². The van der Waals surface area contributed by atoms with Gasteiger partial charge in [0.2, 0.25) is 0 Å². The largest absolute Gasteiger partial charge is 0.493 e. The van der Waals surface area contributed by atoms with Crippen LogP contribution in [-0.2, 0) is 0 Å². The van der Waals surface area contributed by atoms with Crippen LogP contribution in [0.25, 0.3) is 0 Å². The first-order valence-electron chi connectivity index (χ1n) is 4.98. The van der Waals surface area contributed by atoms with Gasteiger partial charge in [-0.05, 0) is 37.2 Å². The van der Waals surface area contributed by atoms with Crippen molar-refractivity contribution in [2.24, 2.45) is 4.99 Å². The van der Waals surface area contributed by atoms with Crippen LogP contribution in [0.15, 0.2) is 23.2 Å². The Balaban J connectivity index is 2.46. The summed E-state index contributed by atoms with van der Waals surface area (Å²) in [6.07, 6.45) is 0.872. The fraction of sp³-hybridized carbons (Fsp3) is 0.417. The van der Waals surface area contributed by atoms with Crippen LogP contribution in [0.3, 0.4) is 0 Å². The van der Waals surface area contributed by atoms with Crippen molar-refractivity contribution in [3.63, 3.8) is 0 Å². The molecule has 0 N–H and O–H groups in total. The number of para-hydroxylation sites is 1. The van der Waals surface area contributed by atoms with Crippen LogP contribution in [0.5, 0.6) is 5.75 Å². The quantitative estimate of drug-likeness (QED) is 0.433. The molecule has 0 spiro atoms. The second-order valence-electron chi connectivity index (χ2n) is 3.40. The highest BCUT2D eigenvalue weighted by Crippen LogP contribution is 2.22. The Labute approximate surface area is 96.0 Å². The van der Waals surface area contributed by atoms with Crippen LogP contribution in [0.1, 0.15) is 17.5 Å². The molecule has 80 valence electrons. The van der Waals surface area contributed by atoms with Gasteiger partial charge in [-0.15, -0.1) is 0 Å². The summed E-state index contributed by atoms with van der Waals surface area (Å²) in [5, 5.41) is 2.34. The maximum absolute atomic E-state index is 5.69. The molecule has 0 radical (unpaired) electrons. The van der Waals surface area contributed by atoms with Crippen molar-refractivity contribution >= 4 is 17.4 Å².